The van der Waals surface area contributed by atoms with Crippen LogP contribution >= 0.6 is 0 Å². The quantitative estimate of drug-likeness (QED) is 0.777. The van der Waals surface area contributed by atoms with Crippen LogP contribution in [0, 0.1) is 0 Å². The fourth-order valence-electron chi connectivity index (χ4n) is 1.48. The van der Waals surface area contributed by atoms with E-state index in [1.54, 1.807) is 0 Å². The average molecular weight is 217 g/mol. The zero-order valence-electron chi connectivity index (χ0n) is 9.31. The van der Waals surface area contributed by atoms with Crippen molar-refractivity contribution in [3.8, 4) is 11.4 Å². The molecule has 1 aromatic carbocycles. The summed E-state index contributed by atoms with van der Waals surface area (Å²) in [6.07, 6.45) is 1.83. The molecule has 1 heterocycles. The Hall–Kier alpha value is -1.68. The van der Waals surface area contributed by atoms with Crippen molar-refractivity contribution in [2.75, 3.05) is 13.6 Å². The number of aromatic nitrogens is 2. The Labute approximate surface area is 94.7 Å². The van der Waals surface area contributed by atoms with E-state index in [4.69, 9.17) is 4.52 Å². The Bertz CT molecular complexity index is 425. The zero-order valence-corrected chi connectivity index (χ0v) is 9.31. The van der Waals surface area contributed by atoms with Crippen molar-refractivity contribution in [3.05, 3.63) is 36.2 Å². The molecule has 1 aromatic heterocycles. The van der Waals surface area contributed by atoms with Crippen LogP contribution in [-0.4, -0.2) is 23.7 Å². The van der Waals surface area contributed by atoms with Gasteiger partial charge in [-0.2, -0.15) is 4.98 Å². The van der Waals surface area contributed by atoms with Gasteiger partial charge in [-0.05, 0) is 20.0 Å². The second-order valence-electron chi connectivity index (χ2n) is 3.58. The summed E-state index contributed by atoms with van der Waals surface area (Å²) in [5.41, 5.74) is 0.992. The predicted octanol–water partition coefficient (Wildman–Crippen LogP) is 1.89. The van der Waals surface area contributed by atoms with E-state index >= 15 is 0 Å². The molecule has 0 aliphatic rings. The van der Waals surface area contributed by atoms with Gasteiger partial charge in [0.15, 0.2) is 0 Å². The third-order valence-electron chi connectivity index (χ3n) is 2.32. The second kappa shape index (κ2) is 5.42. The van der Waals surface area contributed by atoms with Crippen LogP contribution in [0.3, 0.4) is 0 Å². The monoisotopic (exact) mass is 217 g/mol. The first-order chi connectivity index (χ1) is 7.90. The number of nitrogens with zero attached hydrogens (tertiary/aromatic N) is 2. The van der Waals surface area contributed by atoms with Gasteiger partial charge < -0.3 is 9.84 Å². The maximum atomic E-state index is 5.18. The highest BCUT2D eigenvalue weighted by Gasteiger charge is 2.07. The lowest BCUT2D eigenvalue weighted by Crippen LogP contribution is -2.08. The number of hydrogen-bond donors (Lipinski definition) is 1. The molecule has 0 amide bonds. The second-order valence-corrected chi connectivity index (χ2v) is 3.58. The van der Waals surface area contributed by atoms with Gasteiger partial charge in [0.1, 0.15) is 0 Å². The maximum Gasteiger partial charge on any atom is 0.227 e. The smallest absolute Gasteiger partial charge is 0.227 e. The summed E-state index contributed by atoms with van der Waals surface area (Å²) in [4.78, 5) is 4.35. The molecule has 0 spiro atoms. The molecule has 2 rings (SSSR count). The molecule has 0 aliphatic heterocycles. The van der Waals surface area contributed by atoms with E-state index < -0.39 is 0 Å². The minimum Gasteiger partial charge on any atom is -0.339 e. The zero-order chi connectivity index (χ0) is 11.2. The molecule has 0 bridgehead atoms. The molecule has 0 saturated heterocycles. The van der Waals surface area contributed by atoms with Crippen LogP contribution in [0.5, 0.6) is 0 Å². The van der Waals surface area contributed by atoms with E-state index in [2.05, 4.69) is 15.5 Å². The number of aryl methyl sites for hydroxylation is 1. The molecular weight excluding hydrogens is 202 g/mol. The van der Waals surface area contributed by atoms with Crippen molar-refractivity contribution in [2.45, 2.75) is 12.8 Å². The highest BCUT2D eigenvalue weighted by Crippen LogP contribution is 2.15. The van der Waals surface area contributed by atoms with Crippen LogP contribution in [0.1, 0.15) is 12.3 Å². The first kappa shape index (κ1) is 10.8. The normalized spacial score (nSPS) is 10.6. The van der Waals surface area contributed by atoms with Gasteiger partial charge in [-0.15, -0.1) is 0 Å². The Balaban J connectivity index is 2.02. The van der Waals surface area contributed by atoms with Crippen LogP contribution in [0.15, 0.2) is 34.9 Å². The molecule has 2 aromatic rings. The topological polar surface area (TPSA) is 51.0 Å². The van der Waals surface area contributed by atoms with Gasteiger partial charge in [0.2, 0.25) is 11.7 Å². The van der Waals surface area contributed by atoms with Crippen molar-refractivity contribution in [3.63, 3.8) is 0 Å². The van der Waals surface area contributed by atoms with E-state index in [9.17, 15) is 0 Å². The number of rotatable bonds is 5. The standard InChI is InChI=1S/C12H15N3O/c1-13-9-5-8-11-14-12(15-16-11)10-6-3-2-4-7-10/h2-4,6-7,13H,5,8-9H2,1H3. The molecule has 16 heavy (non-hydrogen) atoms. The van der Waals surface area contributed by atoms with Crippen LogP contribution < -0.4 is 5.32 Å². The van der Waals surface area contributed by atoms with Crippen molar-refractivity contribution < 1.29 is 4.52 Å². The summed E-state index contributed by atoms with van der Waals surface area (Å²) in [5, 5.41) is 7.05. The highest BCUT2D eigenvalue weighted by molar-refractivity contribution is 5.53. The van der Waals surface area contributed by atoms with Crippen LogP contribution in [0.25, 0.3) is 11.4 Å². The molecule has 0 saturated carbocycles. The van der Waals surface area contributed by atoms with Gasteiger partial charge in [0, 0.05) is 12.0 Å². The van der Waals surface area contributed by atoms with Crippen molar-refractivity contribution in [1.29, 1.82) is 0 Å². The van der Waals surface area contributed by atoms with E-state index in [0.29, 0.717) is 11.7 Å². The molecule has 4 heteroatoms. The fourth-order valence-corrected chi connectivity index (χ4v) is 1.48. The van der Waals surface area contributed by atoms with E-state index in [0.717, 1.165) is 24.9 Å². The average Bonchev–Trinajstić information content (AvgIpc) is 2.79. The SMILES string of the molecule is CNCCCc1nc(-c2ccccc2)no1. The summed E-state index contributed by atoms with van der Waals surface area (Å²) in [6, 6.07) is 9.85. The summed E-state index contributed by atoms with van der Waals surface area (Å²) in [7, 11) is 1.93. The van der Waals surface area contributed by atoms with Gasteiger partial charge in [0.05, 0.1) is 0 Å². The van der Waals surface area contributed by atoms with Gasteiger partial charge in [-0.25, -0.2) is 0 Å². The van der Waals surface area contributed by atoms with Crippen LogP contribution in [0.4, 0.5) is 0 Å². The molecule has 1 N–H and O–H groups in total. The van der Waals surface area contributed by atoms with Gasteiger partial charge in [0.25, 0.3) is 0 Å². The molecule has 0 aliphatic carbocycles. The first-order valence-electron chi connectivity index (χ1n) is 5.43. The van der Waals surface area contributed by atoms with Gasteiger partial charge in [-0.1, -0.05) is 35.5 Å². The molecule has 0 atom stereocenters. The minimum atomic E-state index is 0.667. The Morgan fingerprint density at radius 2 is 2.06 bits per heavy atom. The molecule has 84 valence electrons. The van der Waals surface area contributed by atoms with E-state index in [-0.39, 0.29) is 0 Å². The highest BCUT2D eigenvalue weighted by atomic mass is 16.5. The first-order valence-corrected chi connectivity index (χ1v) is 5.43. The molecule has 0 radical (unpaired) electrons. The minimum absolute atomic E-state index is 0.667. The molecule has 0 unspecified atom stereocenters. The van der Waals surface area contributed by atoms with E-state index in [1.807, 2.05) is 37.4 Å². The summed E-state index contributed by atoms with van der Waals surface area (Å²) >= 11 is 0. The van der Waals surface area contributed by atoms with Crippen molar-refractivity contribution in [2.24, 2.45) is 0 Å². The van der Waals surface area contributed by atoms with Gasteiger partial charge >= 0.3 is 0 Å². The summed E-state index contributed by atoms with van der Waals surface area (Å²) in [6.45, 7) is 0.961. The van der Waals surface area contributed by atoms with Crippen LogP contribution in [0.2, 0.25) is 0 Å². The third-order valence-corrected chi connectivity index (χ3v) is 2.32. The summed E-state index contributed by atoms with van der Waals surface area (Å²) < 4.78 is 5.18. The molecule has 0 fully saturated rings. The van der Waals surface area contributed by atoms with Gasteiger partial charge in [-0.3, -0.25) is 0 Å². The maximum absolute atomic E-state index is 5.18. The lowest BCUT2D eigenvalue weighted by Gasteiger charge is -1.93. The lowest BCUT2D eigenvalue weighted by atomic mass is 10.2. The van der Waals surface area contributed by atoms with E-state index in [1.165, 1.54) is 0 Å². The van der Waals surface area contributed by atoms with Crippen molar-refractivity contribution >= 4 is 0 Å². The number of nitrogens with one attached hydrogen (secondary N) is 1. The summed E-state index contributed by atoms with van der Waals surface area (Å²) in [5.74, 6) is 1.37. The Morgan fingerprint density at radius 1 is 1.25 bits per heavy atom. The number of benzene rings is 1. The third kappa shape index (κ3) is 2.67. The Morgan fingerprint density at radius 3 is 2.81 bits per heavy atom. The number of hydrogen-bond acceptors (Lipinski definition) is 4. The van der Waals surface area contributed by atoms with Crippen molar-refractivity contribution in [1.82, 2.24) is 15.5 Å². The van der Waals surface area contributed by atoms with Crippen LogP contribution in [-0.2, 0) is 6.42 Å². The lowest BCUT2D eigenvalue weighted by molar-refractivity contribution is 0.375. The Kier molecular flexibility index (Phi) is 3.66. The fraction of sp³-hybridized carbons (Fsp3) is 0.333. The molecular formula is C12H15N3O. The molecule has 4 nitrogen and oxygen atoms in total. The largest absolute Gasteiger partial charge is 0.339 e. The predicted molar refractivity (Wildman–Crippen MR) is 62.0 cm³/mol.